The minimum Gasteiger partial charge on any atom is -0.449 e. The molecule has 1 aromatic rings. The van der Waals surface area contributed by atoms with Crippen LogP contribution in [0.3, 0.4) is 0 Å². The zero-order valence-electron chi connectivity index (χ0n) is 8.98. The van der Waals surface area contributed by atoms with Gasteiger partial charge in [0.15, 0.2) is 0 Å². The molecule has 1 aromatic carbocycles. The molecule has 3 heteroatoms. The van der Waals surface area contributed by atoms with Gasteiger partial charge in [-0.25, -0.2) is 4.79 Å². The summed E-state index contributed by atoms with van der Waals surface area (Å²) in [5.74, 6) is 0.367. The van der Waals surface area contributed by atoms with Crippen molar-refractivity contribution >= 4 is 6.16 Å². The van der Waals surface area contributed by atoms with Crippen molar-refractivity contribution in [2.24, 2.45) is 0 Å². The number of allylic oxidation sites excluding steroid dienone is 2. The van der Waals surface area contributed by atoms with Crippen LogP contribution in [0.25, 0.3) is 0 Å². The van der Waals surface area contributed by atoms with Crippen LogP contribution in [0.15, 0.2) is 43.5 Å². The zero-order valence-corrected chi connectivity index (χ0v) is 8.98. The fraction of sp³-hybridized carbons (Fsp3) is 0.154. The maximum atomic E-state index is 10.5. The predicted molar refractivity (Wildman–Crippen MR) is 62.9 cm³/mol. The van der Waals surface area contributed by atoms with Gasteiger partial charge in [0.2, 0.25) is 0 Å². The molecule has 0 radical (unpaired) electrons. The smallest absolute Gasteiger partial charge is 0.449 e. The number of carbonyl (C=O) groups is 1. The maximum absolute atomic E-state index is 10.5. The molecule has 0 unspecified atom stereocenters. The van der Waals surface area contributed by atoms with E-state index in [0.29, 0.717) is 18.6 Å². The molecule has 16 heavy (non-hydrogen) atoms. The third-order valence-electron chi connectivity index (χ3n) is 2.14. The van der Waals surface area contributed by atoms with Gasteiger partial charge in [0.1, 0.15) is 5.75 Å². The molecule has 0 saturated heterocycles. The molecule has 0 aliphatic rings. The van der Waals surface area contributed by atoms with E-state index in [9.17, 15) is 4.79 Å². The molecular formula is C13H14O3. The van der Waals surface area contributed by atoms with E-state index < -0.39 is 6.16 Å². The minimum atomic E-state index is -1.30. The van der Waals surface area contributed by atoms with E-state index in [1.54, 1.807) is 24.3 Å². The van der Waals surface area contributed by atoms with Gasteiger partial charge < -0.3 is 9.84 Å². The van der Waals surface area contributed by atoms with E-state index in [-0.39, 0.29) is 0 Å². The normalized spacial score (nSPS) is 9.50. The number of ether oxygens (including phenoxy) is 1. The molecule has 0 bridgehead atoms. The molecule has 0 heterocycles. The lowest BCUT2D eigenvalue weighted by molar-refractivity contribution is 0.144. The van der Waals surface area contributed by atoms with Crippen LogP contribution in [0.4, 0.5) is 4.79 Å². The van der Waals surface area contributed by atoms with Crippen molar-refractivity contribution in [1.82, 2.24) is 0 Å². The van der Waals surface area contributed by atoms with Crippen molar-refractivity contribution in [3.8, 4) is 5.75 Å². The highest BCUT2D eigenvalue weighted by atomic mass is 16.7. The molecule has 1 rings (SSSR count). The van der Waals surface area contributed by atoms with E-state index in [4.69, 9.17) is 9.84 Å². The van der Waals surface area contributed by atoms with Crippen LogP contribution in [0.1, 0.15) is 11.1 Å². The van der Waals surface area contributed by atoms with Gasteiger partial charge in [0.05, 0.1) is 0 Å². The largest absolute Gasteiger partial charge is 0.511 e. The minimum absolute atomic E-state index is 0.367. The Labute approximate surface area is 94.7 Å². The van der Waals surface area contributed by atoms with Gasteiger partial charge in [-0.15, -0.1) is 13.2 Å². The molecule has 84 valence electrons. The molecule has 0 aliphatic carbocycles. The first-order valence-corrected chi connectivity index (χ1v) is 4.92. The lowest BCUT2D eigenvalue weighted by Gasteiger charge is -2.10. The average molecular weight is 218 g/mol. The number of carboxylic acid groups (broad SMARTS) is 1. The summed E-state index contributed by atoms with van der Waals surface area (Å²) in [6, 6.07) is 5.33. The third kappa shape index (κ3) is 2.98. The highest BCUT2D eigenvalue weighted by Gasteiger charge is 2.10. The number of benzene rings is 1. The van der Waals surface area contributed by atoms with E-state index >= 15 is 0 Å². The van der Waals surface area contributed by atoms with Gasteiger partial charge in [-0.05, 0) is 24.5 Å². The van der Waals surface area contributed by atoms with Crippen molar-refractivity contribution in [2.45, 2.75) is 12.8 Å². The molecule has 0 spiro atoms. The maximum Gasteiger partial charge on any atom is 0.511 e. The van der Waals surface area contributed by atoms with Gasteiger partial charge in [-0.2, -0.15) is 0 Å². The van der Waals surface area contributed by atoms with Crippen LogP contribution in [0.2, 0.25) is 0 Å². The van der Waals surface area contributed by atoms with E-state index in [1.165, 1.54) is 0 Å². The van der Waals surface area contributed by atoms with Gasteiger partial charge in [0, 0.05) is 5.56 Å². The van der Waals surface area contributed by atoms with E-state index in [0.717, 1.165) is 11.1 Å². The van der Waals surface area contributed by atoms with Crippen LogP contribution in [-0.2, 0) is 12.8 Å². The fourth-order valence-corrected chi connectivity index (χ4v) is 1.52. The molecule has 0 aliphatic heterocycles. The summed E-state index contributed by atoms with van der Waals surface area (Å²) in [6.45, 7) is 7.31. The first kappa shape index (κ1) is 12.0. The van der Waals surface area contributed by atoms with E-state index in [2.05, 4.69) is 13.2 Å². The van der Waals surface area contributed by atoms with Gasteiger partial charge >= 0.3 is 6.16 Å². The molecule has 0 atom stereocenters. The molecule has 0 amide bonds. The second-order valence-electron chi connectivity index (χ2n) is 3.25. The monoisotopic (exact) mass is 218 g/mol. The highest BCUT2D eigenvalue weighted by molar-refractivity contribution is 5.62. The Morgan fingerprint density at radius 2 is 2.00 bits per heavy atom. The lowest BCUT2D eigenvalue weighted by atomic mass is 10.0. The Morgan fingerprint density at radius 1 is 1.31 bits per heavy atom. The standard InChI is InChI=1S/C13H14O3/c1-3-6-10-8-5-9-12(16-13(14)15)11(10)7-4-2/h3-5,8-9H,1-2,6-7H2,(H,14,15). The van der Waals surface area contributed by atoms with Crippen LogP contribution in [0, 0.1) is 0 Å². The lowest BCUT2D eigenvalue weighted by Crippen LogP contribution is -2.06. The Morgan fingerprint density at radius 3 is 2.56 bits per heavy atom. The van der Waals surface area contributed by atoms with Crippen molar-refractivity contribution < 1.29 is 14.6 Å². The molecule has 0 saturated carbocycles. The summed E-state index contributed by atoms with van der Waals surface area (Å²) in [4.78, 5) is 10.5. The van der Waals surface area contributed by atoms with Crippen molar-refractivity contribution in [3.05, 3.63) is 54.6 Å². The van der Waals surface area contributed by atoms with Crippen molar-refractivity contribution in [1.29, 1.82) is 0 Å². The number of rotatable bonds is 5. The topological polar surface area (TPSA) is 46.5 Å². The molecule has 0 fully saturated rings. The predicted octanol–water partition coefficient (Wildman–Crippen LogP) is 3.20. The summed E-state index contributed by atoms with van der Waals surface area (Å²) in [5.41, 5.74) is 1.86. The van der Waals surface area contributed by atoms with Gasteiger partial charge in [0.25, 0.3) is 0 Å². The summed E-state index contributed by atoms with van der Waals surface area (Å²) < 4.78 is 4.72. The Balaban J connectivity index is 3.13. The Hall–Kier alpha value is -2.03. The summed E-state index contributed by atoms with van der Waals surface area (Å²) in [5, 5.41) is 8.61. The number of hydrogen-bond acceptors (Lipinski definition) is 2. The zero-order chi connectivity index (χ0) is 12.0. The Kier molecular flexibility index (Phi) is 4.33. The first-order valence-electron chi connectivity index (χ1n) is 4.92. The van der Waals surface area contributed by atoms with Crippen molar-refractivity contribution in [2.75, 3.05) is 0 Å². The third-order valence-corrected chi connectivity index (χ3v) is 2.14. The van der Waals surface area contributed by atoms with Crippen LogP contribution in [0.5, 0.6) is 5.75 Å². The van der Waals surface area contributed by atoms with Crippen LogP contribution < -0.4 is 4.74 Å². The average Bonchev–Trinajstić information content (AvgIpc) is 2.22. The molecule has 3 nitrogen and oxygen atoms in total. The molecular weight excluding hydrogens is 204 g/mol. The van der Waals surface area contributed by atoms with Crippen LogP contribution in [-0.4, -0.2) is 11.3 Å². The molecule has 0 aromatic heterocycles. The fourth-order valence-electron chi connectivity index (χ4n) is 1.52. The number of hydrogen-bond donors (Lipinski definition) is 1. The summed E-state index contributed by atoms with van der Waals surface area (Å²) >= 11 is 0. The second kappa shape index (κ2) is 5.75. The Bertz CT molecular complexity index is 408. The highest BCUT2D eigenvalue weighted by Crippen LogP contribution is 2.24. The SMILES string of the molecule is C=CCc1cccc(OC(=O)O)c1CC=C. The van der Waals surface area contributed by atoms with Gasteiger partial charge in [-0.3, -0.25) is 0 Å². The summed E-state index contributed by atoms with van der Waals surface area (Å²) in [7, 11) is 0. The quantitative estimate of drug-likeness (QED) is 0.469. The second-order valence-corrected chi connectivity index (χ2v) is 3.25. The summed E-state index contributed by atoms with van der Waals surface area (Å²) in [6.07, 6.45) is 3.44. The first-order chi connectivity index (χ1) is 7.69. The van der Waals surface area contributed by atoms with Gasteiger partial charge in [-0.1, -0.05) is 24.3 Å². The van der Waals surface area contributed by atoms with Crippen LogP contribution >= 0.6 is 0 Å². The van der Waals surface area contributed by atoms with E-state index in [1.807, 2.05) is 6.07 Å². The van der Waals surface area contributed by atoms with Crippen molar-refractivity contribution in [3.63, 3.8) is 0 Å². The molecule has 1 N–H and O–H groups in total.